The van der Waals surface area contributed by atoms with Crippen LogP contribution in [0.5, 0.6) is 0 Å². The summed E-state index contributed by atoms with van der Waals surface area (Å²) in [6, 6.07) is 9.75. The molecule has 0 spiro atoms. The van der Waals surface area contributed by atoms with Gasteiger partial charge in [-0.05, 0) is 60.4 Å². The molecular formula is C22H35Cl2NOSi. The number of rotatable bonds is 9. The highest BCUT2D eigenvalue weighted by molar-refractivity contribution is 6.73. The third kappa shape index (κ3) is 4.28. The van der Waals surface area contributed by atoms with Crippen LogP contribution in [0.15, 0.2) is 18.2 Å². The Morgan fingerprint density at radius 3 is 2.07 bits per heavy atom. The summed E-state index contributed by atoms with van der Waals surface area (Å²) in [5.74, 6) is 1.79. The smallest absolute Gasteiger partial charge is 0.192 e. The van der Waals surface area contributed by atoms with Gasteiger partial charge in [-0.2, -0.15) is 0 Å². The van der Waals surface area contributed by atoms with E-state index in [1.165, 1.54) is 12.8 Å². The van der Waals surface area contributed by atoms with Gasteiger partial charge >= 0.3 is 0 Å². The summed E-state index contributed by atoms with van der Waals surface area (Å²) in [4.78, 5) is 0. The van der Waals surface area contributed by atoms with Crippen molar-refractivity contribution in [2.75, 3.05) is 6.54 Å². The molecule has 4 atom stereocenters. The van der Waals surface area contributed by atoms with Crippen LogP contribution in [0.3, 0.4) is 0 Å². The highest BCUT2D eigenvalue weighted by Crippen LogP contribution is 2.66. The number of benzene rings is 1. The second-order valence-electron chi connectivity index (χ2n) is 9.10. The average Bonchev–Trinajstić information content (AvgIpc) is 3.00. The van der Waals surface area contributed by atoms with Crippen molar-refractivity contribution in [2.24, 2.45) is 17.3 Å². The van der Waals surface area contributed by atoms with E-state index >= 15 is 0 Å². The summed E-state index contributed by atoms with van der Waals surface area (Å²) < 4.78 is 6.88. The molecule has 3 rings (SSSR count). The van der Waals surface area contributed by atoms with Gasteiger partial charge in [0.25, 0.3) is 0 Å². The molecule has 0 amide bonds. The van der Waals surface area contributed by atoms with E-state index < -0.39 is 8.32 Å². The highest BCUT2D eigenvalue weighted by Gasteiger charge is 2.61. The summed E-state index contributed by atoms with van der Waals surface area (Å²) in [5.41, 5.74) is 1.53. The first-order chi connectivity index (χ1) is 12.8. The van der Waals surface area contributed by atoms with Crippen molar-refractivity contribution in [3.05, 3.63) is 33.8 Å². The molecule has 5 heteroatoms. The molecule has 2 saturated carbocycles. The van der Waals surface area contributed by atoms with Gasteiger partial charge in [-0.1, -0.05) is 63.9 Å². The van der Waals surface area contributed by atoms with E-state index in [-0.39, 0.29) is 6.10 Å². The van der Waals surface area contributed by atoms with Crippen molar-refractivity contribution in [1.82, 2.24) is 5.32 Å². The number of hydrogen-bond acceptors (Lipinski definition) is 2. The predicted octanol–water partition coefficient (Wildman–Crippen LogP) is 7.08. The molecule has 0 heterocycles. The lowest BCUT2D eigenvalue weighted by atomic mass is 9.97. The molecule has 1 N–H and O–H groups in total. The molecule has 2 aliphatic rings. The Balaban J connectivity index is 1.74. The SMILES string of the molecule is CC[Si](CC)(CC)OC(CNC1C[C@@H]2[C@H](C1)C2(C)C)c1c(Cl)cccc1Cl. The topological polar surface area (TPSA) is 21.3 Å². The monoisotopic (exact) mass is 427 g/mol. The maximum Gasteiger partial charge on any atom is 0.192 e. The van der Waals surface area contributed by atoms with E-state index in [0.717, 1.165) is 52.1 Å². The maximum absolute atomic E-state index is 6.88. The first kappa shape index (κ1) is 21.6. The van der Waals surface area contributed by atoms with Crippen LogP contribution in [0.1, 0.15) is 59.1 Å². The van der Waals surface area contributed by atoms with E-state index in [4.69, 9.17) is 27.6 Å². The standard InChI is InChI=1S/C22H35Cl2NOSi/c1-6-27(7-2,8-3)26-20(21-18(23)10-9-11-19(21)24)14-25-15-12-16-17(13-15)22(16,4)5/h9-11,15-17,20,25H,6-8,12-14H2,1-5H3/t15?,16-,17+,20?. The molecule has 0 radical (unpaired) electrons. The summed E-state index contributed by atoms with van der Waals surface area (Å²) >= 11 is 13.1. The fraction of sp³-hybridized carbons (Fsp3) is 0.727. The van der Waals surface area contributed by atoms with E-state index in [1.54, 1.807) is 0 Å². The maximum atomic E-state index is 6.88. The molecule has 0 aliphatic heterocycles. The van der Waals surface area contributed by atoms with E-state index in [9.17, 15) is 0 Å². The molecule has 2 unspecified atom stereocenters. The molecule has 2 nitrogen and oxygen atoms in total. The molecule has 152 valence electrons. The first-order valence-electron chi connectivity index (χ1n) is 10.6. The lowest BCUT2D eigenvalue weighted by molar-refractivity contribution is 0.179. The molecule has 0 aromatic heterocycles. The van der Waals surface area contributed by atoms with Crippen LogP contribution >= 0.6 is 23.2 Å². The zero-order valence-corrected chi connectivity index (χ0v) is 20.0. The van der Waals surface area contributed by atoms with Crippen LogP contribution < -0.4 is 5.32 Å². The second kappa shape index (κ2) is 8.35. The van der Waals surface area contributed by atoms with Gasteiger partial charge in [0.15, 0.2) is 8.32 Å². The summed E-state index contributed by atoms with van der Waals surface area (Å²) in [6.07, 6.45) is 2.51. The van der Waals surface area contributed by atoms with Gasteiger partial charge in [0.05, 0.1) is 6.10 Å². The van der Waals surface area contributed by atoms with Gasteiger partial charge < -0.3 is 9.74 Å². The van der Waals surface area contributed by atoms with Crippen molar-refractivity contribution >= 4 is 31.5 Å². The Kier molecular flexibility index (Phi) is 6.70. The van der Waals surface area contributed by atoms with Crippen molar-refractivity contribution in [2.45, 2.75) is 77.7 Å². The minimum atomic E-state index is -1.77. The summed E-state index contributed by atoms with van der Waals surface area (Å²) in [7, 11) is -1.77. The number of halogens is 2. The third-order valence-electron chi connectivity index (χ3n) is 7.60. The Hall–Kier alpha value is -0.0631. The Morgan fingerprint density at radius 2 is 1.59 bits per heavy atom. The van der Waals surface area contributed by atoms with Gasteiger partial charge in [-0.25, -0.2) is 0 Å². The fourth-order valence-electron chi connectivity index (χ4n) is 5.27. The third-order valence-corrected chi connectivity index (χ3v) is 12.9. The molecule has 27 heavy (non-hydrogen) atoms. The lowest BCUT2D eigenvalue weighted by Gasteiger charge is -2.35. The van der Waals surface area contributed by atoms with E-state index in [1.807, 2.05) is 18.2 Å². The molecule has 1 aromatic carbocycles. The highest BCUT2D eigenvalue weighted by atomic mass is 35.5. The molecular weight excluding hydrogens is 393 g/mol. The van der Waals surface area contributed by atoms with Crippen LogP contribution in [0.2, 0.25) is 28.2 Å². The summed E-state index contributed by atoms with van der Waals surface area (Å²) in [6.45, 7) is 12.4. The van der Waals surface area contributed by atoms with Crippen molar-refractivity contribution < 1.29 is 4.43 Å². The van der Waals surface area contributed by atoms with Crippen LogP contribution in [0, 0.1) is 17.3 Å². The predicted molar refractivity (Wildman–Crippen MR) is 119 cm³/mol. The Morgan fingerprint density at radius 1 is 1.07 bits per heavy atom. The Bertz CT molecular complexity index is 619. The zero-order valence-electron chi connectivity index (χ0n) is 17.4. The normalized spacial score (nSPS) is 27.4. The summed E-state index contributed by atoms with van der Waals surface area (Å²) in [5, 5.41) is 5.24. The van der Waals surface area contributed by atoms with Crippen molar-refractivity contribution in [3.63, 3.8) is 0 Å². The first-order valence-corrected chi connectivity index (χ1v) is 13.9. The van der Waals surface area contributed by atoms with Gasteiger partial charge in [0.2, 0.25) is 0 Å². The van der Waals surface area contributed by atoms with Crippen LogP contribution in [0.4, 0.5) is 0 Å². The lowest BCUT2D eigenvalue weighted by Crippen LogP contribution is -2.41. The van der Waals surface area contributed by atoms with Crippen molar-refractivity contribution in [1.29, 1.82) is 0 Å². The molecule has 0 bridgehead atoms. The molecule has 2 fully saturated rings. The molecule has 0 saturated heterocycles. The molecule has 2 aliphatic carbocycles. The molecule has 1 aromatic rings. The largest absolute Gasteiger partial charge is 0.409 e. The number of nitrogens with one attached hydrogen (secondary N) is 1. The minimum Gasteiger partial charge on any atom is -0.409 e. The van der Waals surface area contributed by atoms with Gasteiger partial charge in [-0.15, -0.1) is 0 Å². The quantitative estimate of drug-likeness (QED) is 0.424. The zero-order chi connectivity index (χ0) is 19.8. The van der Waals surface area contributed by atoms with Crippen molar-refractivity contribution in [3.8, 4) is 0 Å². The average molecular weight is 429 g/mol. The van der Waals surface area contributed by atoms with E-state index in [0.29, 0.717) is 11.5 Å². The van der Waals surface area contributed by atoms with Crippen LogP contribution in [0.25, 0.3) is 0 Å². The van der Waals surface area contributed by atoms with Gasteiger partial charge in [-0.3, -0.25) is 0 Å². The number of hydrogen-bond donors (Lipinski definition) is 1. The second-order valence-corrected chi connectivity index (χ2v) is 14.6. The fourth-order valence-corrected chi connectivity index (χ4v) is 8.71. The van der Waals surface area contributed by atoms with Crippen LogP contribution in [-0.2, 0) is 4.43 Å². The van der Waals surface area contributed by atoms with Gasteiger partial charge in [0, 0.05) is 28.2 Å². The van der Waals surface area contributed by atoms with Crippen LogP contribution in [-0.4, -0.2) is 20.9 Å². The Labute approximate surface area is 176 Å². The minimum absolute atomic E-state index is 0.0670. The number of fused-ring (bicyclic) bond motifs is 1. The van der Waals surface area contributed by atoms with Gasteiger partial charge in [0.1, 0.15) is 0 Å². The van der Waals surface area contributed by atoms with E-state index in [2.05, 4.69) is 39.9 Å².